The van der Waals surface area contributed by atoms with E-state index in [1.807, 2.05) is 24.3 Å². The summed E-state index contributed by atoms with van der Waals surface area (Å²) in [6.07, 6.45) is 3.08. The second kappa shape index (κ2) is 5.32. The number of halogens is 1. The van der Waals surface area contributed by atoms with Gasteiger partial charge in [-0.25, -0.2) is 14.7 Å². The molecule has 3 rings (SSSR count). The molecule has 0 unspecified atom stereocenters. The number of aromatic hydroxyl groups is 1. The lowest BCUT2D eigenvalue weighted by Gasteiger charge is -2.05. The molecule has 1 aromatic carbocycles. The Hall–Kier alpha value is -2.16. The van der Waals surface area contributed by atoms with Crippen LogP contribution in [0.5, 0.6) is 5.88 Å². The standard InChI is InChI=1S/C14H11IN4O2/c1-8(12-16-6-7-17-12)11-13(20)18-19(14(11)21)10-4-2-9(15)3-5-10/h2-7,21H,1H3,(H,18,20). The molecule has 0 radical (unpaired) electrons. The van der Waals surface area contributed by atoms with E-state index < -0.39 is 0 Å². The molecule has 0 aliphatic carbocycles. The molecular weight excluding hydrogens is 383 g/mol. The van der Waals surface area contributed by atoms with Gasteiger partial charge in [0.2, 0.25) is 5.88 Å². The zero-order chi connectivity index (χ0) is 15.0. The minimum atomic E-state index is -0.381. The van der Waals surface area contributed by atoms with E-state index in [0.29, 0.717) is 17.1 Å². The Bertz CT molecular complexity index is 827. The van der Waals surface area contributed by atoms with Crippen molar-refractivity contribution in [3.63, 3.8) is 0 Å². The van der Waals surface area contributed by atoms with Crippen LogP contribution in [0, 0.1) is 3.57 Å². The van der Waals surface area contributed by atoms with E-state index in [-0.39, 0.29) is 17.0 Å². The van der Waals surface area contributed by atoms with Gasteiger partial charge in [0, 0.05) is 21.6 Å². The van der Waals surface area contributed by atoms with E-state index >= 15 is 0 Å². The van der Waals surface area contributed by atoms with Crippen molar-refractivity contribution in [1.82, 2.24) is 9.78 Å². The first kappa shape index (κ1) is 13.8. The van der Waals surface area contributed by atoms with Crippen molar-refractivity contribution in [3.05, 3.63) is 49.6 Å². The van der Waals surface area contributed by atoms with Crippen LogP contribution in [0.15, 0.2) is 44.9 Å². The molecule has 0 amide bonds. The molecule has 2 heterocycles. The van der Waals surface area contributed by atoms with Gasteiger partial charge >= 0.3 is 0 Å². The third-order valence-electron chi connectivity index (χ3n) is 3.13. The predicted molar refractivity (Wildman–Crippen MR) is 90.3 cm³/mol. The molecule has 1 aromatic heterocycles. The molecule has 0 saturated heterocycles. The number of hydrogen-bond donors (Lipinski definition) is 2. The first-order chi connectivity index (χ1) is 10.1. The molecular formula is C14H11IN4O2. The summed E-state index contributed by atoms with van der Waals surface area (Å²) in [4.78, 5) is 20.2. The maximum absolute atomic E-state index is 12.1. The van der Waals surface area contributed by atoms with Gasteiger partial charge < -0.3 is 5.11 Å². The van der Waals surface area contributed by atoms with Gasteiger partial charge in [-0.05, 0) is 53.8 Å². The molecule has 1 aliphatic rings. The van der Waals surface area contributed by atoms with Gasteiger partial charge in [0.25, 0.3) is 5.56 Å². The Morgan fingerprint density at radius 2 is 1.86 bits per heavy atom. The van der Waals surface area contributed by atoms with E-state index in [9.17, 15) is 9.90 Å². The van der Waals surface area contributed by atoms with Crippen LogP contribution < -0.4 is 5.56 Å². The van der Waals surface area contributed by atoms with Gasteiger partial charge in [0.1, 0.15) is 5.56 Å². The van der Waals surface area contributed by atoms with Crippen molar-refractivity contribution in [1.29, 1.82) is 0 Å². The summed E-state index contributed by atoms with van der Waals surface area (Å²) in [6, 6.07) is 7.42. The Morgan fingerprint density at radius 3 is 2.48 bits per heavy atom. The van der Waals surface area contributed by atoms with E-state index in [1.165, 1.54) is 4.68 Å². The van der Waals surface area contributed by atoms with Gasteiger partial charge in [-0.15, -0.1) is 0 Å². The number of nitrogens with one attached hydrogen (secondary N) is 1. The molecule has 2 aromatic rings. The molecule has 1 aliphatic heterocycles. The quantitative estimate of drug-likeness (QED) is 0.767. The van der Waals surface area contributed by atoms with Gasteiger partial charge in [-0.2, -0.15) is 0 Å². The number of aromatic nitrogens is 2. The fourth-order valence-corrected chi connectivity index (χ4v) is 2.44. The highest BCUT2D eigenvalue weighted by molar-refractivity contribution is 14.1. The summed E-state index contributed by atoms with van der Waals surface area (Å²) in [5.41, 5.74) is 1.00. The third-order valence-corrected chi connectivity index (χ3v) is 3.85. The number of aliphatic imine (C=N–C) groups is 2. The SMILES string of the molecule is CC(=C1N=CC=N1)c1c(O)n(-c2ccc(I)cc2)[nH]c1=O. The van der Waals surface area contributed by atoms with Crippen LogP contribution in [-0.2, 0) is 0 Å². The van der Waals surface area contributed by atoms with Crippen molar-refractivity contribution in [2.45, 2.75) is 6.92 Å². The summed E-state index contributed by atoms with van der Waals surface area (Å²) in [5, 5.41) is 13.0. The molecule has 0 atom stereocenters. The first-order valence-electron chi connectivity index (χ1n) is 6.16. The fraction of sp³-hybridized carbons (Fsp3) is 0.0714. The second-order valence-corrected chi connectivity index (χ2v) is 5.70. The Labute approximate surface area is 133 Å². The van der Waals surface area contributed by atoms with Crippen molar-refractivity contribution in [2.24, 2.45) is 9.98 Å². The average molecular weight is 394 g/mol. The Kier molecular flexibility index (Phi) is 3.50. The van der Waals surface area contributed by atoms with E-state index in [4.69, 9.17) is 0 Å². The molecule has 0 saturated carbocycles. The van der Waals surface area contributed by atoms with Crippen molar-refractivity contribution in [3.8, 4) is 11.6 Å². The number of aromatic amines is 1. The number of hydrogen-bond acceptors (Lipinski definition) is 4. The summed E-state index contributed by atoms with van der Waals surface area (Å²) >= 11 is 2.19. The highest BCUT2D eigenvalue weighted by Crippen LogP contribution is 2.27. The van der Waals surface area contributed by atoms with Crippen molar-refractivity contribution in [2.75, 3.05) is 0 Å². The summed E-state index contributed by atoms with van der Waals surface area (Å²) in [5.74, 6) is 0.277. The zero-order valence-corrected chi connectivity index (χ0v) is 13.2. The van der Waals surface area contributed by atoms with Gasteiger partial charge in [0.15, 0.2) is 5.82 Å². The maximum Gasteiger partial charge on any atom is 0.276 e. The largest absolute Gasteiger partial charge is 0.493 e. The normalized spacial score (nSPS) is 13.1. The summed E-state index contributed by atoms with van der Waals surface area (Å²) < 4.78 is 2.42. The van der Waals surface area contributed by atoms with Crippen LogP contribution in [0.2, 0.25) is 0 Å². The molecule has 0 fully saturated rings. The van der Waals surface area contributed by atoms with E-state index in [2.05, 4.69) is 37.7 Å². The van der Waals surface area contributed by atoms with Gasteiger partial charge in [-0.1, -0.05) is 0 Å². The van der Waals surface area contributed by atoms with Crippen molar-refractivity contribution < 1.29 is 5.11 Å². The number of nitrogens with zero attached hydrogens (tertiary/aromatic N) is 3. The topological polar surface area (TPSA) is 82.7 Å². The second-order valence-electron chi connectivity index (χ2n) is 4.46. The van der Waals surface area contributed by atoms with Gasteiger partial charge in [0.05, 0.1) is 5.69 Å². The highest BCUT2D eigenvalue weighted by atomic mass is 127. The lowest BCUT2D eigenvalue weighted by Crippen LogP contribution is -2.06. The minimum absolute atomic E-state index is 0.150. The predicted octanol–water partition coefficient (Wildman–Crippen LogP) is 2.32. The monoisotopic (exact) mass is 394 g/mol. The molecule has 106 valence electrons. The Balaban J connectivity index is 2.15. The maximum atomic E-state index is 12.1. The highest BCUT2D eigenvalue weighted by Gasteiger charge is 2.19. The molecule has 2 N–H and O–H groups in total. The van der Waals surface area contributed by atoms with Crippen LogP contribution in [0.4, 0.5) is 0 Å². The fourth-order valence-electron chi connectivity index (χ4n) is 2.09. The molecule has 6 nitrogen and oxygen atoms in total. The zero-order valence-electron chi connectivity index (χ0n) is 11.0. The molecule has 0 bridgehead atoms. The average Bonchev–Trinajstić information content (AvgIpc) is 3.08. The van der Waals surface area contributed by atoms with Crippen LogP contribution >= 0.6 is 22.6 Å². The number of allylic oxidation sites excluding steroid dienone is 1. The number of benzene rings is 1. The lowest BCUT2D eigenvalue weighted by molar-refractivity contribution is 0.432. The van der Waals surface area contributed by atoms with E-state index in [1.54, 1.807) is 19.4 Å². The Morgan fingerprint density at radius 1 is 1.24 bits per heavy atom. The third kappa shape index (κ3) is 2.44. The molecule has 21 heavy (non-hydrogen) atoms. The number of rotatable bonds is 2. The van der Waals surface area contributed by atoms with Crippen LogP contribution in [0.25, 0.3) is 11.3 Å². The molecule has 0 spiro atoms. The number of H-pyrrole nitrogens is 1. The molecule has 7 heteroatoms. The van der Waals surface area contributed by atoms with E-state index in [0.717, 1.165) is 3.57 Å². The van der Waals surface area contributed by atoms with Crippen LogP contribution in [-0.4, -0.2) is 27.3 Å². The summed E-state index contributed by atoms with van der Waals surface area (Å²) in [7, 11) is 0. The first-order valence-corrected chi connectivity index (χ1v) is 7.23. The van der Waals surface area contributed by atoms with Crippen LogP contribution in [0.1, 0.15) is 12.5 Å². The smallest absolute Gasteiger partial charge is 0.276 e. The minimum Gasteiger partial charge on any atom is -0.493 e. The van der Waals surface area contributed by atoms with Gasteiger partial charge in [-0.3, -0.25) is 9.89 Å². The lowest BCUT2D eigenvalue weighted by atomic mass is 10.1. The summed E-state index contributed by atoms with van der Waals surface area (Å²) in [6.45, 7) is 1.71. The van der Waals surface area contributed by atoms with Crippen molar-refractivity contribution >= 4 is 40.6 Å². The van der Waals surface area contributed by atoms with Crippen LogP contribution in [0.3, 0.4) is 0 Å².